The van der Waals surface area contributed by atoms with Gasteiger partial charge in [0.25, 0.3) is 5.91 Å². The molecule has 0 unspecified atom stereocenters. The van der Waals surface area contributed by atoms with E-state index < -0.39 is 0 Å². The first-order chi connectivity index (χ1) is 12.2. The van der Waals surface area contributed by atoms with Gasteiger partial charge in [0.2, 0.25) is 0 Å². The van der Waals surface area contributed by atoms with Crippen molar-refractivity contribution >= 4 is 23.0 Å². The van der Waals surface area contributed by atoms with Gasteiger partial charge in [0, 0.05) is 44.3 Å². The maximum atomic E-state index is 12.9. The van der Waals surface area contributed by atoms with Crippen molar-refractivity contribution in [1.29, 1.82) is 0 Å². The van der Waals surface area contributed by atoms with Crippen LogP contribution in [0.5, 0.6) is 0 Å². The molecule has 1 aromatic heterocycles. The van der Waals surface area contributed by atoms with E-state index in [1.165, 1.54) is 0 Å². The Balaban J connectivity index is 1.67. The Morgan fingerprint density at radius 2 is 1.77 bits per heavy atom. The van der Waals surface area contributed by atoms with E-state index in [0.29, 0.717) is 31.7 Å². The summed E-state index contributed by atoms with van der Waals surface area (Å²) < 4.78 is 1.93. The van der Waals surface area contributed by atoms with E-state index in [-0.39, 0.29) is 17.5 Å². The van der Waals surface area contributed by atoms with Gasteiger partial charge in [0.15, 0.2) is 0 Å². The Morgan fingerprint density at radius 3 is 2.50 bits per heavy atom. The minimum absolute atomic E-state index is 0.00404. The largest absolute Gasteiger partial charge is 0.337 e. The van der Waals surface area contributed by atoms with Gasteiger partial charge in [-0.25, -0.2) is 9.78 Å². The van der Waals surface area contributed by atoms with Crippen molar-refractivity contribution in [3.8, 4) is 0 Å². The van der Waals surface area contributed by atoms with E-state index in [9.17, 15) is 9.59 Å². The molecule has 1 aliphatic heterocycles. The van der Waals surface area contributed by atoms with Gasteiger partial charge >= 0.3 is 6.03 Å². The smallest absolute Gasteiger partial charge is 0.317 e. The lowest BCUT2D eigenvalue weighted by Gasteiger charge is -2.27. The van der Waals surface area contributed by atoms with E-state index >= 15 is 0 Å². The maximum Gasteiger partial charge on any atom is 0.317 e. The Hall–Kier alpha value is -2.57. The Labute approximate surface area is 154 Å². The quantitative estimate of drug-likeness (QED) is 0.851. The second-order valence-electron chi connectivity index (χ2n) is 7.87. The van der Waals surface area contributed by atoms with Crippen molar-refractivity contribution in [1.82, 2.24) is 24.7 Å². The van der Waals surface area contributed by atoms with Crippen LogP contribution in [0.1, 0.15) is 37.6 Å². The van der Waals surface area contributed by atoms with Gasteiger partial charge in [-0.1, -0.05) is 0 Å². The number of aryl methyl sites for hydroxylation is 1. The molecular weight excluding hydrogens is 330 g/mol. The highest BCUT2D eigenvalue weighted by Crippen LogP contribution is 2.16. The number of amides is 3. The van der Waals surface area contributed by atoms with Crippen LogP contribution >= 0.6 is 0 Å². The van der Waals surface area contributed by atoms with Crippen LogP contribution in [-0.4, -0.2) is 63.0 Å². The summed E-state index contributed by atoms with van der Waals surface area (Å²) >= 11 is 0. The van der Waals surface area contributed by atoms with Gasteiger partial charge in [-0.2, -0.15) is 0 Å². The molecule has 7 heteroatoms. The summed E-state index contributed by atoms with van der Waals surface area (Å²) in [6, 6.07) is 5.55. The van der Waals surface area contributed by atoms with E-state index in [2.05, 4.69) is 10.3 Å². The van der Waals surface area contributed by atoms with Crippen LogP contribution in [0, 0.1) is 0 Å². The van der Waals surface area contributed by atoms with Gasteiger partial charge < -0.3 is 19.7 Å². The zero-order valence-electron chi connectivity index (χ0n) is 16.0. The van der Waals surface area contributed by atoms with Crippen LogP contribution in [0.3, 0.4) is 0 Å². The predicted molar refractivity (Wildman–Crippen MR) is 101 cm³/mol. The van der Waals surface area contributed by atoms with Gasteiger partial charge in [0.1, 0.15) is 0 Å². The number of carbonyl (C=O) groups excluding carboxylic acids is 2. The average Bonchev–Trinajstić information content (AvgIpc) is 2.79. The summed E-state index contributed by atoms with van der Waals surface area (Å²) in [6.45, 7) is 8.28. The monoisotopic (exact) mass is 357 g/mol. The topological polar surface area (TPSA) is 70.5 Å². The minimum atomic E-state index is -0.267. The number of imidazole rings is 1. The fraction of sp³-hybridized carbons (Fsp3) is 0.526. The van der Waals surface area contributed by atoms with Crippen LogP contribution in [0.2, 0.25) is 0 Å². The van der Waals surface area contributed by atoms with Crippen LogP contribution in [0.25, 0.3) is 11.0 Å². The van der Waals surface area contributed by atoms with Crippen LogP contribution in [-0.2, 0) is 7.05 Å². The molecule has 1 fully saturated rings. The number of benzene rings is 1. The lowest BCUT2D eigenvalue weighted by atomic mass is 10.1. The van der Waals surface area contributed by atoms with Crippen molar-refractivity contribution in [3.05, 3.63) is 30.1 Å². The van der Waals surface area contributed by atoms with Crippen LogP contribution < -0.4 is 5.32 Å². The maximum absolute atomic E-state index is 12.9. The Bertz CT molecular complexity index is 821. The molecule has 26 heavy (non-hydrogen) atoms. The molecule has 0 atom stereocenters. The molecule has 7 nitrogen and oxygen atoms in total. The minimum Gasteiger partial charge on any atom is -0.337 e. The van der Waals surface area contributed by atoms with Crippen molar-refractivity contribution in [2.45, 2.75) is 32.7 Å². The molecule has 140 valence electrons. The summed E-state index contributed by atoms with van der Waals surface area (Å²) in [4.78, 5) is 33.2. The molecular formula is C19H27N5O2. The molecule has 3 rings (SSSR count). The molecule has 2 aromatic rings. The third-order valence-electron chi connectivity index (χ3n) is 4.52. The zero-order chi connectivity index (χ0) is 18.9. The Morgan fingerprint density at radius 1 is 1.08 bits per heavy atom. The van der Waals surface area contributed by atoms with Crippen LogP contribution in [0.15, 0.2) is 24.5 Å². The lowest BCUT2D eigenvalue weighted by molar-refractivity contribution is 0.0762. The highest BCUT2D eigenvalue weighted by Gasteiger charge is 2.25. The molecule has 0 aliphatic carbocycles. The number of hydrogen-bond acceptors (Lipinski definition) is 3. The standard InChI is InChI=1S/C19H27N5O2/c1-19(2,3)21-18(26)24-9-5-8-23(10-11-24)17(25)14-6-7-16-15(12-14)20-13-22(16)4/h6-7,12-13H,5,8-11H2,1-4H3,(H,21,26). The summed E-state index contributed by atoms with van der Waals surface area (Å²) in [5.74, 6) is -0.00404. The van der Waals surface area contributed by atoms with Gasteiger partial charge in [-0.05, 0) is 45.4 Å². The number of rotatable bonds is 1. The predicted octanol–water partition coefficient (Wildman–Crippen LogP) is 2.23. The molecule has 2 heterocycles. The molecule has 1 aromatic carbocycles. The number of fused-ring (bicyclic) bond motifs is 1. The number of nitrogens with one attached hydrogen (secondary N) is 1. The zero-order valence-corrected chi connectivity index (χ0v) is 16.0. The third-order valence-corrected chi connectivity index (χ3v) is 4.52. The van der Waals surface area contributed by atoms with Gasteiger partial charge in [-0.3, -0.25) is 4.79 Å². The number of nitrogens with zero attached hydrogens (tertiary/aromatic N) is 4. The molecule has 0 radical (unpaired) electrons. The number of hydrogen-bond donors (Lipinski definition) is 1. The van der Waals surface area contributed by atoms with E-state index in [4.69, 9.17) is 0 Å². The number of urea groups is 1. The molecule has 1 saturated heterocycles. The van der Waals surface area contributed by atoms with E-state index in [0.717, 1.165) is 17.5 Å². The van der Waals surface area contributed by atoms with Crippen molar-refractivity contribution in [3.63, 3.8) is 0 Å². The van der Waals surface area contributed by atoms with E-state index in [1.54, 1.807) is 11.2 Å². The van der Waals surface area contributed by atoms with Gasteiger partial charge in [0.05, 0.1) is 17.4 Å². The summed E-state index contributed by atoms with van der Waals surface area (Å²) in [5, 5.41) is 2.99. The first-order valence-corrected chi connectivity index (χ1v) is 9.02. The first kappa shape index (κ1) is 18.2. The SMILES string of the molecule is Cn1cnc2cc(C(=O)N3CCCN(C(=O)NC(C)(C)C)CC3)ccc21. The highest BCUT2D eigenvalue weighted by molar-refractivity contribution is 5.97. The lowest BCUT2D eigenvalue weighted by Crippen LogP contribution is -2.49. The molecule has 0 spiro atoms. The molecule has 3 amide bonds. The number of aromatic nitrogens is 2. The average molecular weight is 357 g/mol. The van der Waals surface area contributed by atoms with Crippen LogP contribution in [0.4, 0.5) is 4.79 Å². The third kappa shape index (κ3) is 3.98. The summed E-state index contributed by atoms with van der Waals surface area (Å²) in [6.07, 6.45) is 2.52. The van der Waals surface area contributed by atoms with E-state index in [1.807, 2.05) is 55.5 Å². The normalized spacial score (nSPS) is 15.8. The van der Waals surface area contributed by atoms with Gasteiger partial charge in [-0.15, -0.1) is 0 Å². The Kier molecular flexibility index (Phi) is 4.89. The fourth-order valence-corrected chi connectivity index (χ4v) is 3.18. The first-order valence-electron chi connectivity index (χ1n) is 9.02. The highest BCUT2D eigenvalue weighted by atomic mass is 16.2. The van der Waals surface area contributed by atoms with Crippen molar-refractivity contribution in [2.75, 3.05) is 26.2 Å². The number of carbonyl (C=O) groups is 2. The second kappa shape index (κ2) is 6.97. The molecule has 1 N–H and O–H groups in total. The fourth-order valence-electron chi connectivity index (χ4n) is 3.18. The second-order valence-corrected chi connectivity index (χ2v) is 7.87. The summed E-state index contributed by atoms with van der Waals surface area (Å²) in [7, 11) is 1.93. The van der Waals surface area contributed by atoms with Crippen molar-refractivity contribution < 1.29 is 9.59 Å². The molecule has 1 aliphatic rings. The molecule has 0 saturated carbocycles. The summed E-state index contributed by atoms with van der Waals surface area (Å²) in [5.41, 5.74) is 2.20. The van der Waals surface area contributed by atoms with Crippen molar-refractivity contribution in [2.24, 2.45) is 7.05 Å². The molecule has 0 bridgehead atoms.